The average Bonchev–Trinajstić information content (AvgIpc) is 2.53. The number of hydrogen-bond donors (Lipinski definition) is 0. The molecule has 0 rings (SSSR count). The normalized spacial score (nSPS) is 11.4. The molecule has 0 radical (unpaired) electrons. The second-order valence-corrected chi connectivity index (χ2v) is 6.22. The van der Waals surface area contributed by atoms with Gasteiger partial charge in [0, 0.05) is 7.05 Å². The number of unbranched alkanes of at least 4 members (excludes halogenated alkanes) is 5. The van der Waals surface area contributed by atoms with Crippen LogP contribution >= 0.6 is 0 Å². The lowest BCUT2D eigenvalue weighted by atomic mass is 10.0. The Hall–Kier alpha value is -1.70. The summed E-state index contributed by atoms with van der Waals surface area (Å²) in [6.45, 7) is 8.05. The quantitative estimate of drug-likeness (QED) is 0.324. The number of amides is 1. The van der Waals surface area contributed by atoms with Crippen LogP contribution in [0.1, 0.15) is 66.2 Å². The molecule has 0 N–H and O–H groups in total. The van der Waals surface area contributed by atoms with Gasteiger partial charge in [-0.2, -0.15) is 0 Å². The summed E-state index contributed by atoms with van der Waals surface area (Å²) in [6, 6.07) is -0.646. The Morgan fingerprint density at radius 3 is 2.25 bits per heavy atom. The summed E-state index contributed by atoms with van der Waals surface area (Å²) in [5, 5.41) is 0. The number of rotatable bonds is 11. The van der Waals surface area contributed by atoms with Crippen molar-refractivity contribution < 1.29 is 19.1 Å². The Kier molecular flexibility index (Phi) is 12.7. The number of carbonyl (C=O) groups is 2. The summed E-state index contributed by atoms with van der Waals surface area (Å²) in [4.78, 5) is 25.6. The second kappa shape index (κ2) is 13.7. The molecule has 0 spiro atoms. The monoisotopic (exact) mass is 339 g/mol. The van der Waals surface area contributed by atoms with Crippen LogP contribution in [0.25, 0.3) is 0 Å². The van der Waals surface area contributed by atoms with Crippen molar-refractivity contribution in [2.45, 2.75) is 72.3 Å². The Morgan fingerprint density at radius 2 is 1.67 bits per heavy atom. The number of nitrogens with zero attached hydrogens (tertiary/aromatic N) is 1. The lowest BCUT2D eigenvalue weighted by molar-refractivity contribution is -0.150. The third-order valence-electron chi connectivity index (χ3n) is 3.77. The van der Waals surface area contributed by atoms with Crippen molar-refractivity contribution in [1.29, 1.82) is 0 Å². The van der Waals surface area contributed by atoms with Crippen molar-refractivity contribution in [2.75, 3.05) is 20.3 Å². The summed E-state index contributed by atoms with van der Waals surface area (Å²) >= 11 is 0. The van der Waals surface area contributed by atoms with E-state index in [2.05, 4.69) is 18.8 Å². The minimum Gasteiger partial charge on any atom is -0.464 e. The van der Waals surface area contributed by atoms with Gasteiger partial charge in [0.15, 0.2) is 6.61 Å². The van der Waals surface area contributed by atoms with Gasteiger partial charge in [-0.15, -0.1) is 5.92 Å². The summed E-state index contributed by atoms with van der Waals surface area (Å²) < 4.78 is 10.4. The van der Waals surface area contributed by atoms with Gasteiger partial charge in [0.05, 0.1) is 6.61 Å². The van der Waals surface area contributed by atoms with E-state index < -0.39 is 12.1 Å². The van der Waals surface area contributed by atoms with E-state index in [1.807, 2.05) is 13.8 Å². The zero-order valence-electron chi connectivity index (χ0n) is 15.9. The fraction of sp³-hybridized carbons (Fsp3) is 0.789. The van der Waals surface area contributed by atoms with Gasteiger partial charge in [-0.05, 0) is 19.3 Å². The first-order valence-corrected chi connectivity index (χ1v) is 8.91. The van der Waals surface area contributed by atoms with Crippen LogP contribution in [0.4, 0.5) is 4.79 Å². The molecule has 0 aromatic heterocycles. The van der Waals surface area contributed by atoms with E-state index in [0.717, 1.165) is 12.8 Å². The molecule has 0 aliphatic heterocycles. The van der Waals surface area contributed by atoms with E-state index in [1.165, 1.54) is 30.6 Å². The predicted octanol–water partition coefficient (Wildman–Crippen LogP) is 4.01. The molecule has 0 saturated carbocycles. The molecule has 0 aromatic rings. The fourth-order valence-electron chi connectivity index (χ4n) is 2.40. The predicted molar refractivity (Wildman–Crippen MR) is 95.5 cm³/mol. The number of ether oxygens (including phenoxy) is 2. The molecule has 1 amide bonds. The molecule has 0 aliphatic carbocycles. The molecule has 0 fully saturated rings. The molecular weight excluding hydrogens is 306 g/mol. The largest absolute Gasteiger partial charge is 0.464 e. The van der Waals surface area contributed by atoms with Gasteiger partial charge in [-0.3, -0.25) is 4.90 Å². The minimum atomic E-state index is -0.646. The van der Waals surface area contributed by atoms with Crippen molar-refractivity contribution in [1.82, 2.24) is 4.90 Å². The molecular formula is C19H33NO4. The van der Waals surface area contributed by atoms with Gasteiger partial charge in [-0.1, -0.05) is 58.8 Å². The molecule has 1 unspecified atom stereocenters. The summed E-state index contributed by atoms with van der Waals surface area (Å²) in [7, 11) is 1.55. The zero-order valence-corrected chi connectivity index (χ0v) is 15.9. The van der Waals surface area contributed by atoms with E-state index in [9.17, 15) is 9.59 Å². The van der Waals surface area contributed by atoms with Crippen LogP contribution in [-0.4, -0.2) is 43.3 Å². The Labute approximate surface area is 147 Å². The topological polar surface area (TPSA) is 55.8 Å². The van der Waals surface area contributed by atoms with Crippen molar-refractivity contribution in [2.24, 2.45) is 5.92 Å². The van der Waals surface area contributed by atoms with Crippen LogP contribution in [0.15, 0.2) is 0 Å². The summed E-state index contributed by atoms with van der Waals surface area (Å²) in [5.41, 5.74) is 0. The van der Waals surface area contributed by atoms with Gasteiger partial charge in [0.2, 0.25) is 0 Å². The average molecular weight is 339 g/mol. The van der Waals surface area contributed by atoms with E-state index >= 15 is 0 Å². The van der Waals surface area contributed by atoms with E-state index in [-0.39, 0.29) is 18.5 Å². The Balaban J connectivity index is 4.29. The highest BCUT2D eigenvalue weighted by atomic mass is 16.6. The summed E-state index contributed by atoms with van der Waals surface area (Å²) in [5.74, 6) is 4.88. The Morgan fingerprint density at radius 1 is 1.04 bits per heavy atom. The van der Waals surface area contributed by atoms with Crippen LogP contribution in [0.3, 0.4) is 0 Å². The van der Waals surface area contributed by atoms with E-state index in [4.69, 9.17) is 9.47 Å². The van der Waals surface area contributed by atoms with E-state index in [1.54, 1.807) is 14.0 Å². The van der Waals surface area contributed by atoms with E-state index in [0.29, 0.717) is 6.61 Å². The maximum Gasteiger partial charge on any atom is 0.411 e. The molecule has 0 bridgehead atoms. The number of hydrogen-bond acceptors (Lipinski definition) is 4. The van der Waals surface area contributed by atoms with Crippen LogP contribution in [0.5, 0.6) is 0 Å². The van der Waals surface area contributed by atoms with Gasteiger partial charge in [0.25, 0.3) is 0 Å². The fourth-order valence-corrected chi connectivity index (χ4v) is 2.40. The van der Waals surface area contributed by atoms with Gasteiger partial charge >= 0.3 is 12.1 Å². The second-order valence-electron chi connectivity index (χ2n) is 6.22. The third kappa shape index (κ3) is 9.44. The lowest BCUT2D eigenvalue weighted by Gasteiger charge is -2.28. The molecule has 1 atom stereocenters. The maximum atomic E-state index is 12.3. The van der Waals surface area contributed by atoms with Gasteiger partial charge < -0.3 is 9.47 Å². The van der Waals surface area contributed by atoms with Crippen LogP contribution < -0.4 is 0 Å². The number of carbonyl (C=O) groups excluding carboxylic acids is 2. The first kappa shape index (κ1) is 22.3. The highest BCUT2D eigenvalue weighted by molar-refractivity contribution is 5.81. The molecule has 0 aliphatic rings. The SMILES string of the molecule is CC#CCOC(=O)N(C)C(C(=O)OCCCCCCCC)C(C)C. The highest BCUT2D eigenvalue weighted by Crippen LogP contribution is 2.13. The van der Waals surface area contributed by atoms with Crippen molar-refractivity contribution in [3.8, 4) is 11.8 Å². The first-order chi connectivity index (χ1) is 11.5. The van der Waals surface area contributed by atoms with Crippen LogP contribution in [-0.2, 0) is 14.3 Å². The smallest absolute Gasteiger partial charge is 0.411 e. The molecule has 138 valence electrons. The van der Waals surface area contributed by atoms with Crippen molar-refractivity contribution >= 4 is 12.1 Å². The van der Waals surface area contributed by atoms with Gasteiger partial charge in [-0.25, -0.2) is 9.59 Å². The molecule has 0 heterocycles. The third-order valence-corrected chi connectivity index (χ3v) is 3.77. The molecule has 24 heavy (non-hydrogen) atoms. The highest BCUT2D eigenvalue weighted by Gasteiger charge is 2.31. The van der Waals surface area contributed by atoms with Gasteiger partial charge in [0.1, 0.15) is 6.04 Å². The standard InChI is InChI=1S/C19H33NO4/c1-6-8-10-11-12-13-15-23-18(21)17(16(3)4)20(5)19(22)24-14-9-7-2/h16-17H,6,8,10-15H2,1-5H3. The van der Waals surface area contributed by atoms with Crippen molar-refractivity contribution in [3.05, 3.63) is 0 Å². The van der Waals surface area contributed by atoms with Crippen LogP contribution in [0.2, 0.25) is 0 Å². The lowest BCUT2D eigenvalue weighted by Crippen LogP contribution is -2.46. The zero-order chi connectivity index (χ0) is 18.4. The number of likely N-dealkylation sites (N-methyl/N-ethyl adjacent to an activating group) is 1. The molecule has 0 aromatic carbocycles. The minimum absolute atomic E-state index is 0.0251. The summed E-state index contributed by atoms with van der Waals surface area (Å²) in [6.07, 6.45) is 6.24. The molecule has 0 saturated heterocycles. The Bertz CT molecular complexity index is 423. The maximum absolute atomic E-state index is 12.3. The first-order valence-electron chi connectivity index (χ1n) is 8.91. The van der Waals surface area contributed by atoms with Crippen molar-refractivity contribution in [3.63, 3.8) is 0 Å². The number of esters is 1. The molecule has 5 nitrogen and oxygen atoms in total. The molecule has 5 heteroatoms. The van der Waals surface area contributed by atoms with Crippen LogP contribution in [0, 0.1) is 17.8 Å².